The van der Waals surface area contributed by atoms with Crippen LogP contribution < -0.4 is 17.0 Å². The second-order valence-electron chi connectivity index (χ2n) is 7.31. The van der Waals surface area contributed by atoms with Gasteiger partial charge in [0.2, 0.25) is 0 Å². The number of thiophene rings is 2. The lowest BCUT2D eigenvalue weighted by molar-refractivity contribution is -0.732. The fourth-order valence-corrected chi connectivity index (χ4v) is 6.78. The molecule has 134 valence electrons. The van der Waals surface area contributed by atoms with Gasteiger partial charge in [-0.25, -0.2) is 0 Å². The Morgan fingerprint density at radius 2 is 1.48 bits per heavy atom. The third-order valence-electron chi connectivity index (χ3n) is 6.30. The van der Waals surface area contributed by atoms with Crippen molar-refractivity contribution in [2.24, 2.45) is 0 Å². The van der Waals surface area contributed by atoms with Crippen molar-refractivity contribution in [3.8, 4) is 0 Å². The molecule has 27 heavy (non-hydrogen) atoms. The highest BCUT2D eigenvalue weighted by atomic mass is 35.5. The van der Waals surface area contributed by atoms with Crippen molar-refractivity contribution in [3.05, 3.63) is 110 Å². The molecule has 2 atom stereocenters. The van der Waals surface area contributed by atoms with Crippen molar-refractivity contribution in [1.29, 1.82) is 0 Å². The molecule has 3 aromatic heterocycles. The number of aromatic nitrogens is 1. The van der Waals surface area contributed by atoms with Gasteiger partial charge < -0.3 is 12.4 Å². The molecule has 4 heteroatoms. The number of hydrogen-bond donors (Lipinski definition) is 0. The predicted octanol–water partition coefficient (Wildman–Crippen LogP) is 2.53. The third-order valence-corrected chi connectivity index (χ3v) is 7.67. The van der Waals surface area contributed by atoms with Gasteiger partial charge in [-0.1, -0.05) is 30.3 Å². The van der Waals surface area contributed by atoms with Crippen molar-refractivity contribution in [2.75, 3.05) is 0 Å². The van der Waals surface area contributed by atoms with Gasteiger partial charge in [-0.05, 0) is 50.3 Å². The molecule has 0 amide bonds. The summed E-state index contributed by atoms with van der Waals surface area (Å²) in [6.45, 7) is 0. The molecule has 0 radical (unpaired) electrons. The minimum absolute atomic E-state index is 0. The van der Waals surface area contributed by atoms with E-state index >= 15 is 0 Å². The maximum absolute atomic E-state index is 2.52. The Morgan fingerprint density at radius 3 is 2.15 bits per heavy atom. The third kappa shape index (κ3) is 2.19. The molecule has 0 saturated heterocycles. The highest BCUT2D eigenvalue weighted by Crippen LogP contribution is 2.59. The quantitative estimate of drug-likeness (QED) is 0.449. The molecular formula is C23H18ClNS2. The second-order valence-corrected chi connectivity index (χ2v) is 8.87. The van der Waals surface area contributed by atoms with Crippen molar-refractivity contribution in [2.45, 2.75) is 23.8 Å². The molecule has 0 unspecified atom stereocenters. The summed E-state index contributed by atoms with van der Waals surface area (Å²) in [5.74, 6) is 0.356. The SMILES string of the molecule is [Cl-].c1ccc2c(c1)[C@H]1c3cccc[n+]3[C@H]2CC1(c1ccsc1)c1ccsc1. The van der Waals surface area contributed by atoms with Gasteiger partial charge in [0.15, 0.2) is 17.9 Å². The average molecular weight is 408 g/mol. The summed E-state index contributed by atoms with van der Waals surface area (Å²) in [7, 11) is 0. The van der Waals surface area contributed by atoms with Crippen LogP contribution in [0.4, 0.5) is 0 Å². The van der Waals surface area contributed by atoms with Crippen molar-refractivity contribution >= 4 is 22.7 Å². The zero-order valence-corrected chi connectivity index (χ0v) is 17.0. The molecular weight excluding hydrogens is 390 g/mol. The van der Waals surface area contributed by atoms with Crippen LogP contribution in [0, 0.1) is 0 Å². The summed E-state index contributed by atoms with van der Waals surface area (Å²) >= 11 is 3.63. The standard InChI is InChI=1S/C23H18NS2.ClH/c1-2-6-19-18(5-1)21-13-23(16-8-11-25-14-16,17-9-12-26-15-17)22(19)20-7-3-4-10-24(20)21;/h1-12,14-15,21-22H,13H2;1H/q+1;/p-1/t21-,22-;/m0./s1. The molecule has 1 nitrogen and oxygen atoms in total. The van der Waals surface area contributed by atoms with Crippen LogP contribution in [0.15, 0.2) is 82.3 Å². The molecule has 2 bridgehead atoms. The van der Waals surface area contributed by atoms with Crippen molar-refractivity contribution in [3.63, 3.8) is 0 Å². The molecule has 2 aliphatic heterocycles. The normalized spacial score (nSPS) is 21.2. The average Bonchev–Trinajstić information content (AvgIpc) is 3.42. The van der Waals surface area contributed by atoms with Crippen LogP contribution in [-0.4, -0.2) is 0 Å². The van der Waals surface area contributed by atoms with Gasteiger partial charge in [-0.3, -0.25) is 0 Å². The summed E-state index contributed by atoms with van der Waals surface area (Å²) in [6, 6.07) is 20.9. The highest BCUT2D eigenvalue weighted by Gasteiger charge is 2.59. The number of fused-ring (bicyclic) bond motifs is 1. The lowest BCUT2D eigenvalue weighted by atomic mass is 9.54. The minimum atomic E-state index is 0. The summed E-state index contributed by atoms with van der Waals surface area (Å²) in [4.78, 5) is 0. The summed E-state index contributed by atoms with van der Waals surface area (Å²) in [5, 5.41) is 9.20. The predicted molar refractivity (Wildman–Crippen MR) is 107 cm³/mol. The number of hydrogen-bond acceptors (Lipinski definition) is 2. The van der Waals surface area contributed by atoms with E-state index in [0.29, 0.717) is 12.0 Å². The van der Waals surface area contributed by atoms with E-state index in [1.165, 1.54) is 27.9 Å². The maximum atomic E-state index is 2.52. The van der Waals surface area contributed by atoms with E-state index in [-0.39, 0.29) is 17.8 Å². The van der Waals surface area contributed by atoms with E-state index in [4.69, 9.17) is 0 Å². The van der Waals surface area contributed by atoms with E-state index in [2.05, 4.69) is 86.9 Å². The van der Waals surface area contributed by atoms with Gasteiger partial charge in [0, 0.05) is 29.5 Å². The number of nitrogens with zero attached hydrogens (tertiary/aromatic N) is 1. The molecule has 0 spiro atoms. The summed E-state index contributed by atoms with van der Waals surface area (Å²) in [6.07, 6.45) is 3.40. The Morgan fingerprint density at radius 1 is 0.815 bits per heavy atom. The van der Waals surface area contributed by atoms with E-state index in [1.807, 2.05) is 22.7 Å². The van der Waals surface area contributed by atoms with E-state index < -0.39 is 0 Å². The molecule has 1 aliphatic carbocycles. The topological polar surface area (TPSA) is 3.88 Å². The van der Waals surface area contributed by atoms with Crippen LogP contribution in [0.2, 0.25) is 0 Å². The fraction of sp³-hybridized carbons (Fsp3) is 0.174. The first-order chi connectivity index (χ1) is 12.9. The smallest absolute Gasteiger partial charge is 0.190 e. The number of halogens is 1. The number of rotatable bonds is 2. The van der Waals surface area contributed by atoms with Gasteiger partial charge in [0.1, 0.15) is 0 Å². The largest absolute Gasteiger partial charge is 1.00 e. The molecule has 0 fully saturated rings. The molecule has 3 aliphatic rings. The van der Waals surface area contributed by atoms with Gasteiger partial charge in [-0.2, -0.15) is 27.2 Å². The zero-order valence-electron chi connectivity index (χ0n) is 14.6. The van der Waals surface area contributed by atoms with Crippen molar-refractivity contribution < 1.29 is 17.0 Å². The maximum Gasteiger partial charge on any atom is 0.190 e. The Kier molecular flexibility index (Phi) is 4.01. The minimum Gasteiger partial charge on any atom is -1.00 e. The monoisotopic (exact) mass is 407 g/mol. The van der Waals surface area contributed by atoms with E-state index in [0.717, 1.165) is 6.42 Å². The first-order valence-corrected chi connectivity index (χ1v) is 10.9. The molecule has 7 rings (SSSR count). The molecule has 5 heterocycles. The molecule has 4 aromatic rings. The Hall–Kier alpha value is -1.94. The van der Waals surface area contributed by atoms with Crippen LogP contribution in [0.5, 0.6) is 0 Å². The summed E-state index contributed by atoms with van der Waals surface area (Å²) in [5.41, 5.74) is 7.43. The van der Waals surface area contributed by atoms with E-state index in [9.17, 15) is 0 Å². The lowest BCUT2D eigenvalue weighted by Crippen LogP contribution is -3.00. The van der Waals surface area contributed by atoms with Crippen LogP contribution in [0.25, 0.3) is 0 Å². The van der Waals surface area contributed by atoms with Gasteiger partial charge in [0.05, 0.1) is 5.92 Å². The fourth-order valence-electron chi connectivity index (χ4n) is 5.31. The van der Waals surface area contributed by atoms with Crippen LogP contribution in [0.1, 0.15) is 46.3 Å². The number of benzene rings is 1. The highest BCUT2D eigenvalue weighted by molar-refractivity contribution is 7.08. The van der Waals surface area contributed by atoms with Gasteiger partial charge >= 0.3 is 0 Å². The first-order valence-electron chi connectivity index (χ1n) is 9.04. The van der Waals surface area contributed by atoms with Crippen LogP contribution in [0.3, 0.4) is 0 Å². The molecule has 0 saturated carbocycles. The molecule has 0 N–H and O–H groups in total. The Labute approximate surface area is 173 Å². The summed E-state index contributed by atoms with van der Waals surface area (Å²) < 4.78 is 2.52. The zero-order chi connectivity index (χ0) is 17.1. The van der Waals surface area contributed by atoms with Crippen molar-refractivity contribution in [1.82, 2.24) is 0 Å². The molecule has 1 aromatic carbocycles. The lowest BCUT2D eigenvalue weighted by Gasteiger charge is -2.49. The Balaban J connectivity index is 0.00000160. The van der Waals surface area contributed by atoms with Gasteiger partial charge in [-0.15, -0.1) is 0 Å². The first kappa shape index (κ1) is 17.2. The van der Waals surface area contributed by atoms with Crippen LogP contribution >= 0.6 is 22.7 Å². The van der Waals surface area contributed by atoms with Crippen LogP contribution in [-0.2, 0) is 5.41 Å². The number of pyridine rings is 1. The Bertz CT molecular complexity index is 1000. The second kappa shape index (κ2) is 6.30. The van der Waals surface area contributed by atoms with Gasteiger partial charge in [0.25, 0.3) is 0 Å². The van der Waals surface area contributed by atoms with E-state index in [1.54, 1.807) is 0 Å².